The molecular weight excluding hydrogens is 462 g/mol. The third-order valence-corrected chi connectivity index (χ3v) is 5.44. The van der Waals surface area contributed by atoms with Crippen LogP contribution in [0, 0.1) is 13.8 Å². The van der Waals surface area contributed by atoms with Gasteiger partial charge in [0.1, 0.15) is 17.1 Å². The Kier molecular flexibility index (Phi) is 6.82. The molecule has 0 unspecified atom stereocenters. The first-order valence-corrected chi connectivity index (χ1v) is 11.0. The molecule has 0 aromatic heterocycles. The number of benzene rings is 3. The summed E-state index contributed by atoms with van der Waals surface area (Å²) in [6, 6.07) is 16.8. The molecule has 0 spiro atoms. The molecule has 5 amide bonds. The number of phenolic OH excluding ortho intramolecular Hbond substituents is 1. The molecular formula is C27H23N3O6. The highest BCUT2D eigenvalue weighted by molar-refractivity contribution is 6.39. The van der Waals surface area contributed by atoms with Crippen LogP contribution in [0.1, 0.15) is 16.7 Å². The maximum Gasteiger partial charge on any atom is 0.335 e. The van der Waals surface area contributed by atoms with E-state index in [4.69, 9.17) is 4.74 Å². The van der Waals surface area contributed by atoms with Crippen molar-refractivity contribution in [2.45, 2.75) is 13.8 Å². The summed E-state index contributed by atoms with van der Waals surface area (Å²) < 4.78 is 5.54. The van der Waals surface area contributed by atoms with Gasteiger partial charge in [-0.05, 0) is 79.1 Å². The number of rotatable bonds is 6. The van der Waals surface area contributed by atoms with Crippen LogP contribution < -0.4 is 20.3 Å². The second kappa shape index (κ2) is 10.1. The molecule has 0 aliphatic carbocycles. The zero-order chi connectivity index (χ0) is 25.8. The minimum absolute atomic E-state index is 0.0273. The Labute approximate surface area is 207 Å². The van der Waals surface area contributed by atoms with E-state index in [1.165, 1.54) is 30.3 Å². The first-order valence-electron chi connectivity index (χ1n) is 11.0. The summed E-state index contributed by atoms with van der Waals surface area (Å²) in [5.41, 5.74) is 3.18. The van der Waals surface area contributed by atoms with Crippen molar-refractivity contribution in [2.24, 2.45) is 0 Å². The Morgan fingerprint density at radius 3 is 2.39 bits per heavy atom. The van der Waals surface area contributed by atoms with Gasteiger partial charge < -0.3 is 15.2 Å². The third-order valence-electron chi connectivity index (χ3n) is 5.44. The number of hydrogen-bond acceptors (Lipinski definition) is 6. The van der Waals surface area contributed by atoms with Gasteiger partial charge in [0, 0.05) is 5.69 Å². The predicted molar refractivity (Wildman–Crippen MR) is 134 cm³/mol. The number of anilines is 2. The molecule has 1 fully saturated rings. The highest BCUT2D eigenvalue weighted by Crippen LogP contribution is 2.24. The van der Waals surface area contributed by atoms with Crippen molar-refractivity contribution in [1.82, 2.24) is 5.32 Å². The molecule has 0 radical (unpaired) electrons. The van der Waals surface area contributed by atoms with Crippen LogP contribution in [0.25, 0.3) is 6.08 Å². The van der Waals surface area contributed by atoms with Gasteiger partial charge in [-0.3, -0.25) is 19.7 Å². The quantitative estimate of drug-likeness (QED) is 0.361. The van der Waals surface area contributed by atoms with Crippen LogP contribution in [-0.2, 0) is 14.4 Å². The van der Waals surface area contributed by atoms with E-state index >= 15 is 0 Å². The Balaban J connectivity index is 1.43. The summed E-state index contributed by atoms with van der Waals surface area (Å²) in [5, 5.41) is 14.4. The normalized spacial score (nSPS) is 14.6. The fourth-order valence-electron chi connectivity index (χ4n) is 3.53. The second-order valence-corrected chi connectivity index (χ2v) is 8.20. The minimum atomic E-state index is -0.879. The van der Waals surface area contributed by atoms with Crippen LogP contribution >= 0.6 is 0 Å². The fraction of sp³-hybridized carbons (Fsp3) is 0.111. The Morgan fingerprint density at radius 2 is 1.69 bits per heavy atom. The second-order valence-electron chi connectivity index (χ2n) is 8.20. The average Bonchev–Trinajstić information content (AvgIpc) is 2.84. The number of amides is 5. The first kappa shape index (κ1) is 24.2. The maximum absolute atomic E-state index is 12.9. The topological polar surface area (TPSA) is 125 Å². The van der Waals surface area contributed by atoms with E-state index in [-0.39, 0.29) is 29.5 Å². The van der Waals surface area contributed by atoms with Crippen LogP contribution in [0.5, 0.6) is 11.5 Å². The summed E-state index contributed by atoms with van der Waals surface area (Å²) >= 11 is 0. The molecule has 9 heteroatoms. The lowest BCUT2D eigenvalue weighted by atomic mass is 10.1. The van der Waals surface area contributed by atoms with Crippen molar-refractivity contribution in [2.75, 3.05) is 16.8 Å². The van der Waals surface area contributed by atoms with Crippen LogP contribution in [0.4, 0.5) is 16.2 Å². The van der Waals surface area contributed by atoms with Gasteiger partial charge in [0.05, 0.1) is 5.69 Å². The maximum atomic E-state index is 12.9. The molecule has 0 atom stereocenters. The van der Waals surface area contributed by atoms with Crippen molar-refractivity contribution < 1.29 is 29.0 Å². The number of carbonyl (C=O) groups excluding carboxylic acids is 4. The number of nitrogens with zero attached hydrogens (tertiary/aromatic N) is 1. The Morgan fingerprint density at radius 1 is 1.00 bits per heavy atom. The van der Waals surface area contributed by atoms with E-state index in [2.05, 4.69) is 10.6 Å². The number of carbonyl (C=O) groups is 4. The van der Waals surface area contributed by atoms with Gasteiger partial charge >= 0.3 is 6.03 Å². The number of aromatic hydroxyl groups is 1. The summed E-state index contributed by atoms with van der Waals surface area (Å²) in [7, 11) is 0. The molecule has 0 bridgehead atoms. The number of imide groups is 2. The number of urea groups is 1. The van der Waals surface area contributed by atoms with Crippen molar-refractivity contribution in [3.8, 4) is 11.5 Å². The van der Waals surface area contributed by atoms with Gasteiger partial charge in [0.2, 0.25) is 0 Å². The molecule has 36 heavy (non-hydrogen) atoms. The van der Waals surface area contributed by atoms with Crippen LogP contribution in [0.2, 0.25) is 0 Å². The van der Waals surface area contributed by atoms with Gasteiger partial charge in [-0.25, -0.2) is 9.69 Å². The molecule has 3 aromatic carbocycles. The van der Waals surface area contributed by atoms with E-state index in [1.807, 2.05) is 32.0 Å². The predicted octanol–water partition coefficient (Wildman–Crippen LogP) is 3.69. The van der Waals surface area contributed by atoms with Crippen molar-refractivity contribution in [3.05, 3.63) is 89.0 Å². The molecule has 182 valence electrons. The number of ether oxygens (including phenoxy) is 1. The largest absolute Gasteiger partial charge is 0.508 e. The molecule has 3 N–H and O–H groups in total. The summed E-state index contributed by atoms with van der Waals surface area (Å²) in [6.45, 7) is 3.65. The van der Waals surface area contributed by atoms with Crippen molar-refractivity contribution in [3.63, 3.8) is 0 Å². The summed E-state index contributed by atoms with van der Waals surface area (Å²) in [4.78, 5) is 50.6. The van der Waals surface area contributed by atoms with Crippen molar-refractivity contribution in [1.29, 1.82) is 0 Å². The molecule has 1 aliphatic heterocycles. The lowest BCUT2D eigenvalue weighted by Crippen LogP contribution is -2.54. The van der Waals surface area contributed by atoms with Crippen LogP contribution in [-0.4, -0.2) is 35.5 Å². The van der Waals surface area contributed by atoms with E-state index in [0.717, 1.165) is 21.7 Å². The lowest BCUT2D eigenvalue weighted by molar-refractivity contribution is -0.122. The van der Waals surface area contributed by atoms with E-state index < -0.39 is 17.8 Å². The fourth-order valence-corrected chi connectivity index (χ4v) is 3.53. The van der Waals surface area contributed by atoms with Gasteiger partial charge in [-0.1, -0.05) is 24.3 Å². The van der Waals surface area contributed by atoms with Crippen LogP contribution in [0.3, 0.4) is 0 Å². The summed E-state index contributed by atoms with van der Waals surface area (Å²) in [6.07, 6.45) is 1.36. The monoisotopic (exact) mass is 485 g/mol. The van der Waals surface area contributed by atoms with Crippen molar-refractivity contribution >= 4 is 41.2 Å². The van der Waals surface area contributed by atoms with E-state index in [1.54, 1.807) is 24.3 Å². The lowest BCUT2D eigenvalue weighted by Gasteiger charge is -2.26. The molecule has 4 rings (SSSR count). The average molecular weight is 485 g/mol. The molecule has 0 saturated carbocycles. The SMILES string of the molecule is Cc1ccc(C)c(NC(=O)COc2ccc(/C=C3/C(=O)NC(=O)N(c4ccc(O)cc4)C3=O)cc2)c1. The van der Waals surface area contributed by atoms with E-state index in [9.17, 15) is 24.3 Å². The highest BCUT2D eigenvalue weighted by Gasteiger charge is 2.36. The molecule has 9 nitrogen and oxygen atoms in total. The molecule has 1 aliphatic rings. The smallest absolute Gasteiger partial charge is 0.335 e. The molecule has 3 aromatic rings. The third kappa shape index (κ3) is 5.41. The minimum Gasteiger partial charge on any atom is -0.508 e. The van der Waals surface area contributed by atoms with Crippen LogP contribution in [0.15, 0.2) is 72.3 Å². The molecule has 1 saturated heterocycles. The van der Waals surface area contributed by atoms with Gasteiger partial charge in [-0.2, -0.15) is 0 Å². The highest BCUT2D eigenvalue weighted by atomic mass is 16.5. The number of aryl methyl sites for hydroxylation is 2. The zero-order valence-electron chi connectivity index (χ0n) is 19.6. The number of hydrogen-bond donors (Lipinski definition) is 3. The number of phenols is 1. The Hall–Kier alpha value is -4.92. The number of nitrogens with one attached hydrogen (secondary N) is 2. The van der Waals surface area contributed by atoms with E-state index in [0.29, 0.717) is 11.3 Å². The van der Waals surface area contributed by atoms with Gasteiger partial charge in [0.15, 0.2) is 6.61 Å². The standard InChI is InChI=1S/C27H23N3O6/c1-16-3-4-17(2)23(13-16)28-24(32)15-36-21-11-5-18(6-12-21)14-22-25(33)29-27(35)30(26(22)34)19-7-9-20(31)10-8-19/h3-14,31H,15H2,1-2H3,(H,28,32)(H,29,33,35)/b22-14-. The number of barbiturate groups is 1. The summed E-state index contributed by atoms with van der Waals surface area (Å²) in [5.74, 6) is -1.52. The zero-order valence-corrected chi connectivity index (χ0v) is 19.6. The Bertz CT molecular complexity index is 1380. The van der Waals surface area contributed by atoms with Gasteiger partial charge in [0.25, 0.3) is 17.7 Å². The molecule has 1 heterocycles. The first-order chi connectivity index (χ1) is 17.2. The van der Waals surface area contributed by atoms with Gasteiger partial charge in [-0.15, -0.1) is 0 Å².